The molecule has 0 amide bonds. The van der Waals surface area contributed by atoms with E-state index in [0.717, 1.165) is 34.7 Å². The van der Waals surface area contributed by atoms with Gasteiger partial charge in [0.2, 0.25) is 0 Å². The fraction of sp³-hybridized carbons (Fsp3) is 0.368. The van der Waals surface area contributed by atoms with Gasteiger partial charge in [0.1, 0.15) is 5.75 Å². The second-order valence-electron chi connectivity index (χ2n) is 6.65. The van der Waals surface area contributed by atoms with Crippen LogP contribution in [-0.4, -0.2) is 39.8 Å². The summed E-state index contributed by atoms with van der Waals surface area (Å²) < 4.78 is 12.3. The van der Waals surface area contributed by atoms with E-state index >= 15 is 0 Å². The van der Waals surface area contributed by atoms with Gasteiger partial charge in [-0.3, -0.25) is 4.79 Å². The van der Waals surface area contributed by atoms with Gasteiger partial charge in [-0.05, 0) is 30.0 Å². The Labute approximate surface area is 151 Å². The quantitative estimate of drug-likeness (QED) is 0.718. The van der Waals surface area contributed by atoms with Crippen LogP contribution in [0.15, 0.2) is 24.3 Å². The van der Waals surface area contributed by atoms with E-state index in [-0.39, 0.29) is 11.7 Å². The first-order valence-corrected chi connectivity index (χ1v) is 8.56. The van der Waals surface area contributed by atoms with Gasteiger partial charge in [-0.25, -0.2) is 4.52 Å². The number of benzene rings is 1. The summed E-state index contributed by atoms with van der Waals surface area (Å²) in [5.41, 5.74) is 4.50. The van der Waals surface area contributed by atoms with Gasteiger partial charge >= 0.3 is 0 Å². The van der Waals surface area contributed by atoms with Crippen LogP contribution in [0.25, 0.3) is 16.8 Å². The summed E-state index contributed by atoms with van der Waals surface area (Å²) in [4.78, 5) is 12.3. The monoisotopic (exact) mass is 352 g/mol. The van der Waals surface area contributed by atoms with Gasteiger partial charge < -0.3 is 9.47 Å². The highest BCUT2D eigenvalue weighted by atomic mass is 16.5. The number of nitrogens with zero attached hydrogens (tertiary/aromatic N) is 4. The summed E-state index contributed by atoms with van der Waals surface area (Å²) in [6.45, 7) is 2.42. The minimum atomic E-state index is 0.0305. The third-order valence-corrected chi connectivity index (χ3v) is 4.71. The van der Waals surface area contributed by atoms with E-state index < -0.39 is 0 Å². The number of aromatic nitrogens is 4. The maximum Gasteiger partial charge on any atom is 0.185 e. The number of ketones is 1. The number of ether oxygens (including phenoxy) is 2. The molecule has 0 fully saturated rings. The summed E-state index contributed by atoms with van der Waals surface area (Å²) in [7, 11) is 3.27. The average molecular weight is 352 g/mol. The highest BCUT2D eigenvalue weighted by Gasteiger charge is 2.29. The highest BCUT2D eigenvalue weighted by Crippen LogP contribution is 2.32. The maximum absolute atomic E-state index is 12.3. The largest absolute Gasteiger partial charge is 0.497 e. The number of rotatable bonds is 4. The number of fused-ring (bicyclic) bond motifs is 3. The van der Waals surface area contributed by atoms with E-state index in [4.69, 9.17) is 14.6 Å². The van der Waals surface area contributed by atoms with Gasteiger partial charge in [0.15, 0.2) is 17.1 Å². The van der Waals surface area contributed by atoms with Crippen molar-refractivity contribution in [2.24, 2.45) is 5.92 Å². The van der Waals surface area contributed by atoms with Gasteiger partial charge in [0.05, 0.1) is 30.7 Å². The Bertz CT molecular complexity index is 979. The van der Waals surface area contributed by atoms with Crippen molar-refractivity contribution >= 4 is 11.4 Å². The third kappa shape index (κ3) is 2.64. The molecule has 26 heavy (non-hydrogen) atoms. The number of methoxy groups -OCH3 is 2. The molecule has 1 unspecified atom stereocenters. The molecule has 2 heterocycles. The highest BCUT2D eigenvalue weighted by molar-refractivity contribution is 5.96. The fourth-order valence-corrected chi connectivity index (χ4v) is 3.50. The number of hydrogen-bond donors (Lipinski definition) is 0. The lowest BCUT2D eigenvalue weighted by molar-refractivity contribution is 0.0944. The molecule has 7 nitrogen and oxygen atoms in total. The smallest absolute Gasteiger partial charge is 0.185 e. The van der Waals surface area contributed by atoms with Crippen molar-refractivity contribution in [3.8, 4) is 16.9 Å². The van der Waals surface area contributed by atoms with Gasteiger partial charge in [-0.1, -0.05) is 19.1 Å². The Morgan fingerprint density at radius 3 is 2.62 bits per heavy atom. The standard InChI is InChI=1S/C19H20N4O3/c1-11-8-15-18(16(24)9-11)20-21-19-17(14(10-25-2)22-23(15)19)12-4-6-13(26-3)7-5-12/h4-7,11H,8-10H2,1-3H3. The molecule has 0 N–H and O–H groups in total. The Kier molecular flexibility index (Phi) is 4.16. The summed E-state index contributed by atoms with van der Waals surface area (Å²) in [6, 6.07) is 7.72. The van der Waals surface area contributed by atoms with Crippen LogP contribution in [0.3, 0.4) is 0 Å². The van der Waals surface area contributed by atoms with E-state index in [1.54, 1.807) is 18.7 Å². The Morgan fingerprint density at radius 1 is 1.15 bits per heavy atom. The van der Waals surface area contributed by atoms with Crippen LogP contribution in [0.5, 0.6) is 5.75 Å². The van der Waals surface area contributed by atoms with Crippen molar-refractivity contribution < 1.29 is 14.3 Å². The first-order valence-electron chi connectivity index (χ1n) is 8.56. The summed E-state index contributed by atoms with van der Waals surface area (Å²) in [5.74, 6) is 1.08. The van der Waals surface area contributed by atoms with Crippen LogP contribution in [0.1, 0.15) is 35.2 Å². The van der Waals surface area contributed by atoms with Crippen molar-refractivity contribution in [3.63, 3.8) is 0 Å². The molecule has 0 spiro atoms. The van der Waals surface area contributed by atoms with Gasteiger partial charge in [0.25, 0.3) is 0 Å². The van der Waals surface area contributed by atoms with Crippen LogP contribution in [0, 0.1) is 5.92 Å². The molecule has 1 atom stereocenters. The SMILES string of the molecule is COCc1nn2c3c(nnc2c1-c1ccc(OC)cc1)C(=O)CC(C)C3. The van der Waals surface area contributed by atoms with Crippen molar-refractivity contribution in [1.82, 2.24) is 19.8 Å². The zero-order valence-corrected chi connectivity index (χ0v) is 15.0. The number of hydrogen-bond acceptors (Lipinski definition) is 6. The first kappa shape index (κ1) is 16.7. The lowest BCUT2D eigenvalue weighted by atomic mass is 9.90. The second-order valence-corrected chi connectivity index (χ2v) is 6.65. The van der Waals surface area contributed by atoms with Crippen LogP contribution in [0.4, 0.5) is 0 Å². The predicted octanol–water partition coefficient (Wildman–Crippen LogP) is 2.71. The Morgan fingerprint density at radius 2 is 1.92 bits per heavy atom. The normalized spacial score (nSPS) is 16.7. The van der Waals surface area contributed by atoms with Crippen LogP contribution >= 0.6 is 0 Å². The fourth-order valence-electron chi connectivity index (χ4n) is 3.50. The lowest BCUT2D eigenvalue weighted by Crippen LogP contribution is -2.23. The maximum atomic E-state index is 12.3. The topological polar surface area (TPSA) is 78.6 Å². The first-order chi connectivity index (χ1) is 12.6. The molecule has 0 saturated heterocycles. The molecule has 134 valence electrons. The molecule has 0 bridgehead atoms. The zero-order chi connectivity index (χ0) is 18.3. The molecule has 0 aliphatic heterocycles. The molecular weight excluding hydrogens is 332 g/mol. The van der Waals surface area contributed by atoms with Crippen molar-refractivity contribution in [1.29, 1.82) is 0 Å². The van der Waals surface area contributed by atoms with Gasteiger partial charge in [0, 0.05) is 13.5 Å². The summed E-state index contributed by atoms with van der Waals surface area (Å²) in [5, 5.41) is 13.3. The molecule has 1 aromatic carbocycles. The minimum Gasteiger partial charge on any atom is -0.497 e. The molecule has 1 aliphatic carbocycles. The van der Waals surface area contributed by atoms with Crippen molar-refractivity contribution in [2.45, 2.75) is 26.4 Å². The van der Waals surface area contributed by atoms with Crippen LogP contribution < -0.4 is 4.74 Å². The number of carbonyl (C=O) groups excluding carboxylic acids is 1. The molecule has 2 aromatic heterocycles. The molecule has 1 aliphatic rings. The Hall–Kier alpha value is -2.80. The molecular formula is C19H20N4O3. The van der Waals surface area contributed by atoms with Crippen LogP contribution in [-0.2, 0) is 17.8 Å². The molecule has 0 saturated carbocycles. The third-order valence-electron chi connectivity index (χ3n) is 4.71. The summed E-state index contributed by atoms with van der Waals surface area (Å²) in [6.07, 6.45) is 1.26. The number of carbonyl (C=O) groups is 1. The van der Waals surface area contributed by atoms with Crippen molar-refractivity contribution in [3.05, 3.63) is 41.3 Å². The molecule has 0 radical (unpaired) electrons. The van der Waals surface area contributed by atoms with E-state index in [1.165, 1.54) is 0 Å². The minimum absolute atomic E-state index is 0.0305. The molecule has 4 rings (SSSR count). The zero-order valence-electron chi connectivity index (χ0n) is 15.0. The van der Waals surface area contributed by atoms with Gasteiger partial charge in [-0.2, -0.15) is 5.10 Å². The molecule has 7 heteroatoms. The average Bonchev–Trinajstić information content (AvgIpc) is 3.00. The van der Waals surface area contributed by atoms with Crippen molar-refractivity contribution in [2.75, 3.05) is 14.2 Å². The summed E-state index contributed by atoms with van der Waals surface area (Å²) >= 11 is 0. The molecule has 3 aromatic rings. The van der Waals surface area contributed by atoms with E-state index in [1.807, 2.05) is 24.3 Å². The van der Waals surface area contributed by atoms with E-state index in [2.05, 4.69) is 17.1 Å². The van der Waals surface area contributed by atoms with E-state index in [0.29, 0.717) is 24.4 Å². The second kappa shape index (κ2) is 6.49. The Balaban J connectivity index is 1.95. The lowest BCUT2D eigenvalue weighted by Gasteiger charge is -2.19. The van der Waals surface area contributed by atoms with Gasteiger partial charge in [-0.15, -0.1) is 10.2 Å². The number of Topliss-reactive ketones (excluding diaryl/α,β-unsaturated/α-hetero) is 1. The van der Waals surface area contributed by atoms with E-state index in [9.17, 15) is 4.79 Å². The predicted molar refractivity (Wildman–Crippen MR) is 95.3 cm³/mol. The van der Waals surface area contributed by atoms with Crippen LogP contribution in [0.2, 0.25) is 0 Å².